The molecule has 0 radical (unpaired) electrons. The van der Waals surface area contributed by atoms with E-state index in [1.54, 1.807) is 31.2 Å². The molecule has 25 heavy (non-hydrogen) atoms. The minimum Gasteiger partial charge on any atom is -0.481 e. The second kappa shape index (κ2) is 9.39. The number of methoxy groups -OCH3 is 1. The standard InChI is InChI=1S/C17H23ClN2O5/c1-11(21)19-14(12-4-6-13(18)7-5-12)8-15(22)20-17(2,10-25-3)9-16(23)24/h4-7,14H,8-10H2,1-3H3,(H,19,21)(H,20,22)(H,23,24). The van der Waals surface area contributed by atoms with Crippen molar-refractivity contribution in [1.29, 1.82) is 0 Å². The van der Waals surface area contributed by atoms with E-state index in [2.05, 4.69) is 10.6 Å². The first-order chi connectivity index (χ1) is 11.6. The molecule has 138 valence electrons. The van der Waals surface area contributed by atoms with Crippen molar-refractivity contribution < 1.29 is 24.2 Å². The third kappa shape index (κ3) is 7.53. The van der Waals surface area contributed by atoms with Gasteiger partial charge in [0.05, 0.1) is 31.0 Å². The van der Waals surface area contributed by atoms with Gasteiger partial charge in [-0.15, -0.1) is 0 Å². The van der Waals surface area contributed by atoms with E-state index in [9.17, 15) is 14.4 Å². The maximum atomic E-state index is 12.4. The zero-order valence-electron chi connectivity index (χ0n) is 14.5. The van der Waals surface area contributed by atoms with Crippen LogP contribution in [0.5, 0.6) is 0 Å². The highest BCUT2D eigenvalue weighted by Crippen LogP contribution is 2.20. The summed E-state index contributed by atoms with van der Waals surface area (Å²) in [5.74, 6) is -1.72. The number of carbonyl (C=O) groups excluding carboxylic acids is 2. The number of carboxylic acids is 1. The van der Waals surface area contributed by atoms with Crippen LogP contribution in [0.4, 0.5) is 0 Å². The maximum absolute atomic E-state index is 12.4. The minimum atomic E-state index is -1.05. The Morgan fingerprint density at radius 2 is 1.88 bits per heavy atom. The van der Waals surface area contributed by atoms with Crippen LogP contribution >= 0.6 is 11.6 Å². The number of rotatable bonds is 9. The van der Waals surface area contributed by atoms with E-state index in [1.165, 1.54) is 14.0 Å². The molecule has 0 saturated carbocycles. The van der Waals surface area contributed by atoms with Gasteiger partial charge >= 0.3 is 5.97 Å². The molecule has 0 saturated heterocycles. The zero-order valence-corrected chi connectivity index (χ0v) is 15.2. The quantitative estimate of drug-likeness (QED) is 0.615. The van der Waals surface area contributed by atoms with Crippen molar-refractivity contribution in [3.63, 3.8) is 0 Å². The van der Waals surface area contributed by atoms with Crippen LogP contribution in [0.3, 0.4) is 0 Å². The van der Waals surface area contributed by atoms with Gasteiger partial charge < -0.3 is 20.5 Å². The normalized spacial score (nSPS) is 14.2. The Labute approximate surface area is 151 Å². The summed E-state index contributed by atoms with van der Waals surface area (Å²) in [6.07, 6.45) is -0.321. The fourth-order valence-corrected chi connectivity index (χ4v) is 2.68. The number of ether oxygens (including phenoxy) is 1. The predicted octanol–water partition coefficient (Wildman–Crippen LogP) is 1.90. The van der Waals surface area contributed by atoms with Crippen LogP contribution in [-0.2, 0) is 19.1 Å². The van der Waals surface area contributed by atoms with Crippen LogP contribution in [0.15, 0.2) is 24.3 Å². The van der Waals surface area contributed by atoms with Crippen molar-refractivity contribution in [2.75, 3.05) is 13.7 Å². The molecular formula is C17H23ClN2O5. The summed E-state index contributed by atoms with van der Waals surface area (Å²) in [5.41, 5.74) is -0.320. The van der Waals surface area contributed by atoms with E-state index in [0.29, 0.717) is 5.02 Å². The average molecular weight is 371 g/mol. The molecule has 0 aliphatic heterocycles. The Bertz CT molecular complexity index is 620. The zero-order chi connectivity index (χ0) is 19.0. The summed E-state index contributed by atoms with van der Waals surface area (Å²) < 4.78 is 5.01. The SMILES string of the molecule is COCC(C)(CC(=O)O)NC(=O)CC(NC(C)=O)c1ccc(Cl)cc1. The number of aliphatic carboxylic acids is 1. The molecule has 2 amide bonds. The monoisotopic (exact) mass is 370 g/mol. The molecule has 8 heteroatoms. The smallest absolute Gasteiger partial charge is 0.305 e. The lowest BCUT2D eigenvalue weighted by molar-refractivity contribution is -0.139. The van der Waals surface area contributed by atoms with Gasteiger partial charge in [-0.25, -0.2) is 0 Å². The number of nitrogens with one attached hydrogen (secondary N) is 2. The number of halogens is 1. The molecule has 0 bridgehead atoms. The van der Waals surface area contributed by atoms with Crippen LogP contribution in [0.1, 0.15) is 38.3 Å². The highest BCUT2D eigenvalue weighted by atomic mass is 35.5. The third-order valence-corrected chi connectivity index (χ3v) is 3.74. The Morgan fingerprint density at radius 1 is 1.28 bits per heavy atom. The molecule has 0 aromatic heterocycles. The Morgan fingerprint density at radius 3 is 2.36 bits per heavy atom. The molecule has 0 fully saturated rings. The first-order valence-electron chi connectivity index (χ1n) is 7.69. The molecule has 0 heterocycles. The van der Waals surface area contributed by atoms with E-state index in [-0.39, 0.29) is 25.4 Å². The second-order valence-electron chi connectivity index (χ2n) is 6.12. The van der Waals surface area contributed by atoms with Crippen LogP contribution < -0.4 is 10.6 Å². The molecule has 7 nitrogen and oxygen atoms in total. The molecule has 1 aromatic carbocycles. The average Bonchev–Trinajstić information content (AvgIpc) is 2.45. The van der Waals surface area contributed by atoms with E-state index < -0.39 is 23.5 Å². The molecule has 2 unspecified atom stereocenters. The molecule has 3 N–H and O–H groups in total. The molecule has 0 aliphatic rings. The first-order valence-corrected chi connectivity index (χ1v) is 8.07. The fourth-order valence-electron chi connectivity index (χ4n) is 2.55. The summed E-state index contributed by atoms with van der Waals surface area (Å²) in [6, 6.07) is 6.24. The number of hydrogen-bond donors (Lipinski definition) is 3. The number of amides is 2. The maximum Gasteiger partial charge on any atom is 0.305 e. The van der Waals surface area contributed by atoms with Gasteiger partial charge in [0.2, 0.25) is 11.8 Å². The summed E-state index contributed by atoms with van der Waals surface area (Å²) in [7, 11) is 1.43. The van der Waals surface area contributed by atoms with Crippen LogP contribution in [0.25, 0.3) is 0 Å². The Hall–Kier alpha value is -2.12. The van der Waals surface area contributed by atoms with Gasteiger partial charge in [0.1, 0.15) is 0 Å². The Kier molecular flexibility index (Phi) is 7.86. The highest BCUT2D eigenvalue weighted by Gasteiger charge is 2.30. The molecule has 2 atom stereocenters. The number of carbonyl (C=O) groups is 3. The van der Waals surface area contributed by atoms with Gasteiger partial charge in [-0.05, 0) is 24.6 Å². The van der Waals surface area contributed by atoms with Gasteiger partial charge in [-0.2, -0.15) is 0 Å². The second-order valence-corrected chi connectivity index (χ2v) is 6.56. The number of benzene rings is 1. The van der Waals surface area contributed by atoms with E-state index in [1.807, 2.05) is 0 Å². The molecule has 1 aromatic rings. The van der Waals surface area contributed by atoms with Gasteiger partial charge in [0.15, 0.2) is 0 Å². The lowest BCUT2D eigenvalue weighted by Gasteiger charge is -2.29. The first kappa shape index (κ1) is 20.9. The van der Waals surface area contributed by atoms with E-state index in [4.69, 9.17) is 21.4 Å². The van der Waals surface area contributed by atoms with Crippen molar-refractivity contribution in [1.82, 2.24) is 10.6 Å². The summed E-state index contributed by atoms with van der Waals surface area (Å²) in [4.78, 5) is 34.9. The number of carboxylic acid groups (broad SMARTS) is 1. The van der Waals surface area contributed by atoms with Crippen molar-refractivity contribution in [2.45, 2.75) is 38.3 Å². The van der Waals surface area contributed by atoms with Crippen LogP contribution in [0, 0.1) is 0 Å². The van der Waals surface area contributed by atoms with Gasteiger partial charge in [-0.3, -0.25) is 14.4 Å². The largest absolute Gasteiger partial charge is 0.481 e. The molecular weight excluding hydrogens is 348 g/mol. The topological polar surface area (TPSA) is 105 Å². The lowest BCUT2D eigenvalue weighted by Crippen LogP contribution is -2.51. The summed E-state index contributed by atoms with van der Waals surface area (Å²) >= 11 is 5.86. The van der Waals surface area contributed by atoms with Gasteiger partial charge in [-0.1, -0.05) is 23.7 Å². The van der Waals surface area contributed by atoms with Crippen molar-refractivity contribution in [3.8, 4) is 0 Å². The molecule has 0 spiro atoms. The van der Waals surface area contributed by atoms with Crippen LogP contribution in [0.2, 0.25) is 5.02 Å². The van der Waals surface area contributed by atoms with E-state index >= 15 is 0 Å². The number of hydrogen-bond acceptors (Lipinski definition) is 4. The van der Waals surface area contributed by atoms with Crippen molar-refractivity contribution in [3.05, 3.63) is 34.9 Å². The van der Waals surface area contributed by atoms with Crippen LogP contribution in [-0.4, -0.2) is 42.1 Å². The van der Waals surface area contributed by atoms with Crippen molar-refractivity contribution in [2.24, 2.45) is 0 Å². The summed E-state index contributed by atoms with van der Waals surface area (Å²) in [5, 5.41) is 15.0. The van der Waals surface area contributed by atoms with E-state index in [0.717, 1.165) is 5.56 Å². The summed E-state index contributed by atoms with van der Waals surface area (Å²) in [6.45, 7) is 3.01. The molecule has 1 rings (SSSR count). The lowest BCUT2D eigenvalue weighted by atomic mass is 9.97. The van der Waals surface area contributed by atoms with Gasteiger partial charge in [0.25, 0.3) is 0 Å². The minimum absolute atomic E-state index is 0.0415. The molecule has 0 aliphatic carbocycles. The van der Waals surface area contributed by atoms with Crippen molar-refractivity contribution >= 4 is 29.4 Å². The predicted molar refractivity (Wildman–Crippen MR) is 93.3 cm³/mol. The highest BCUT2D eigenvalue weighted by molar-refractivity contribution is 6.30. The fraction of sp³-hybridized carbons (Fsp3) is 0.471. The van der Waals surface area contributed by atoms with Gasteiger partial charge in [0, 0.05) is 19.1 Å². The third-order valence-electron chi connectivity index (χ3n) is 3.48. The Balaban J connectivity index is 2.88.